The first kappa shape index (κ1) is 22.4. The van der Waals surface area contributed by atoms with Crippen molar-refractivity contribution >= 4 is 5.97 Å². The van der Waals surface area contributed by atoms with Gasteiger partial charge in [-0.05, 0) is 73.2 Å². The summed E-state index contributed by atoms with van der Waals surface area (Å²) in [5, 5.41) is 21.0. The van der Waals surface area contributed by atoms with Gasteiger partial charge in [-0.2, -0.15) is 0 Å². The Morgan fingerprint density at radius 3 is 2.47 bits per heavy atom. The van der Waals surface area contributed by atoms with Gasteiger partial charge in [-0.15, -0.1) is 0 Å². The van der Waals surface area contributed by atoms with Gasteiger partial charge in [0.15, 0.2) is 0 Å². The molecule has 3 saturated carbocycles. The zero-order chi connectivity index (χ0) is 22.7. The molecule has 1 heterocycles. The Morgan fingerprint density at radius 2 is 1.81 bits per heavy atom. The maximum atomic E-state index is 11.5. The molecule has 5 rings (SSSR count). The third-order valence-electron chi connectivity index (χ3n) is 10.2. The molecule has 4 fully saturated rings. The monoisotopic (exact) mass is 442 g/mol. The summed E-state index contributed by atoms with van der Waals surface area (Å²) in [5.41, 5.74) is 1.03. The van der Waals surface area contributed by atoms with Gasteiger partial charge in [-0.25, -0.2) is 0 Å². The van der Waals surface area contributed by atoms with Crippen LogP contribution in [-0.2, 0) is 19.9 Å². The molecule has 1 aromatic rings. The summed E-state index contributed by atoms with van der Waals surface area (Å²) in [6.45, 7) is 6.45. The molecular formula is C27H38O5. The lowest BCUT2D eigenvalue weighted by Gasteiger charge is -2.57. The normalized spacial score (nSPS) is 47.4. The van der Waals surface area contributed by atoms with Gasteiger partial charge in [0.25, 0.3) is 0 Å². The van der Waals surface area contributed by atoms with Crippen LogP contribution in [0.15, 0.2) is 30.3 Å². The highest BCUT2D eigenvalue weighted by Gasteiger charge is 2.77. The number of benzene rings is 1. The lowest BCUT2D eigenvalue weighted by Crippen LogP contribution is -2.54. The van der Waals surface area contributed by atoms with E-state index in [0.29, 0.717) is 18.3 Å². The fourth-order valence-corrected chi connectivity index (χ4v) is 8.48. The van der Waals surface area contributed by atoms with E-state index in [4.69, 9.17) is 9.47 Å². The Morgan fingerprint density at radius 1 is 1.06 bits per heavy atom. The lowest BCUT2D eigenvalue weighted by atomic mass is 9.48. The highest BCUT2D eigenvalue weighted by molar-refractivity contribution is 5.66. The fourth-order valence-electron chi connectivity index (χ4n) is 8.48. The number of fused-ring (bicyclic) bond motifs is 3. The summed E-state index contributed by atoms with van der Waals surface area (Å²) in [7, 11) is 0. The molecular weight excluding hydrogens is 404 g/mol. The van der Waals surface area contributed by atoms with Crippen molar-refractivity contribution in [1.82, 2.24) is 0 Å². The zero-order valence-electron chi connectivity index (χ0n) is 19.6. The standard InChI is InChI=1S/C27H38O5/c1-17(30)31-20-9-11-25(2,19(13-20)15-28)22-10-12-26(3)23(21(22)16-29)14-24-27(26,32-24)18-7-5-4-6-8-18/h4-8,19-24,28-29H,9-16H2,1-3H3/t19-,20+,21?,22?,23?,24?,25+,26?,27?/m1/s1. The molecule has 176 valence electrons. The third-order valence-corrected chi connectivity index (χ3v) is 10.2. The van der Waals surface area contributed by atoms with E-state index in [-0.39, 0.29) is 59.7 Å². The molecule has 0 spiro atoms. The smallest absolute Gasteiger partial charge is 0.302 e. The van der Waals surface area contributed by atoms with Crippen LogP contribution in [0.4, 0.5) is 0 Å². The van der Waals surface area contributed by atoms with Crippen LogP contribution in [0.5, 0.6) is 0 Å². The van der Waals surface area contributed by atoms with E-state index in [2.05, 4.69) is 44.2 Å². The highest BCUT2D eigenvalue weighted by atomic mass is 16.6. The molecule has 1 aromatic carbocycles. The first-order valence-corrected chi connectivity index (χ1v) is 12.4. The fraction of sp³-hybridized carbons (Fsp3) is 0.741. The summed E-state index contributed by atoms with van der Waals surface area (Å²) < 4.78 is 11.9. The predicted octanol–water partition coefficient (Wildman–Crippen LogP) is 4.06. The number of hydrogen-bond donors (Lipinski definition) is 2. The SMILES string of the molecule is CC(=O)O[C@H]1CC[C@](C)(C2CCC3(C)C(CC4OC43c3ccccc3)C2CO)[C@@H](CO)C1. The van der Waals surface area contributed by atoms with Gasteiger partial charge in [0.2, 0.25) is 0 Å². The van der Waals surface area contributed by atoms with Crippen LogP contribution in [0, 0.1) is 34.5 Å². The van der Waals surface area contributed by atoms with Gasteiger partial charge in [-0.3, -0.25) is 4.79 Å². The summed E-state index contributed by atoms with van der Waals surface area (Å²) >= 11 is 0. The maximum absolute atomic E-state index is 11.5. The molecule has 1 aliphatic heterocycles. The second-order valence-corrected chi connectivity index (χ2v) is 11.4. The number of hydrogen-bond acceptors (Lipinski definition) is 5. The predicted molar refractivity (Wildman–Crippen MR) is 121 cm³/mol. The minimum atomic E-state index is -0.242. The molecule has 9 atom stereocenters. The Bertz CT molecular complexity index is 857. The Labute approximate surface area is 191 Å². The van der Waals surface area contributed by atoms with Crippen LogP contribution >= 0.6 is 0 Å². The van der Waals surface area contributed by atoms with E-state index >= 15 is 0 Å². The largest absolute Gasteiger partial charge is 0.463 e. The van der Waals surface area contributed by atoms with Crippen LogP contribution in [0.1, 0.15) is 64.9 Å². The van der Waals surface area contributed by atoms with Gasteiger partial charge in [-0.1, -0.05) is 44.2 Å². The first-order chi connectivity index (χ1) is 15.3. The molecule has 0 amide bonds. The molecule has 3 aliphatic carbocycles. The summed E-state index contributed by atoms with van der Waals surface area (Å²) in [6.07, 6.45) is 5.72. The molecule has 4 aliphatic rings. The topological polar surface area (TPSA) is 79.3 Å². The van der Waals surface area contributed by atoms with E-state index in [1.807, 2.05) is 0 Å². The molecule has 0 bridgehead atoms. The van der Waals surface area contributed by atoms with Gasteiger partial charge in [0.05, 0.1) is 6.10 Å². The first-order valence-electron chi connectivity index (χ1n) is 12.4. The van der Waals surface area contributed by atoms with Gasteiger partial charge >= 0.3 is 5.97 Å². The molecule has 5 nitrogen and oxygen atoms in total. The second-order valence-electron chi connectivity index (χ2n) is 11.4. The number of carbonyl (C=O) groups is 1. The van der Waals surface area contributed by atoms with Crippen LogP contribution in [0.2, 0.25) is 0 Å². The molecule has 2 N–H and O–H groups in total. The summed E-state index contributed by atoms with van der Waals surface area (Å²) in [5.74, 6) is 0.807. The average molecular weight is 443 g/mol. The van der Waals surface area contributed by atoms with Crippen molar-refractivity contribution < 1.29 is 24.5 Å². The molecule has 6 unspecified atom stereocenters. The van der Waals surface area contributed by atoms with Gasteiger partial charge in [0, 0.05) is 25.6 Å². The van der Waals surface area contributed by atoms with E-state index in [1.165, 1.54) is 12.5 Å². The molecule has 1 saturated heterocycles. The Kier molecular flexibility index (Phi) is 5.46. The molecule has 5 heteroatoms. The van der Waals surface area contributed by atoms with Crippen LogP contribution in [0.3, 0.4) is 0 Å². The van der Waals surface area contributed by atoms with E-state index in [9.17, 15) is 15.0 Å². The van der Waals surface area contributed by atoms with Gasteiger partial charge < -0.3 is 19.7 Å². The van der Waals surface area contributed by atoms with E-state index in [0.717, 1.165) is 32.1 Å². The Hall–Kier alpha value is -1.43. The van der Waals surface area contributed by atoms with Crippen molar-refractivity contribution in [2.45, 2.75) is 77.1 Å². The quantitative estimate of drug-likeness (QED) is 0.531. The van der Waals surface area contributed by atoms with E-state index in [1.54, 1.807) is 0 Å². The maximum Gasteiger partial charge on any atom is 0.302 e. The lowest BCUT2D eigenvalue weighted by molar-refractivity contribution is -0.159. The number of aliphatic hydroxyl groups excluding tert-OH is 2. The van der Waals surface area contributed by atoms with Crippen LogP contribution in [0.25, 0.3) is 0 Å². The van der Waals surface area contributed by atoms with E-state index < -0.39 is 0 Å². The molecule has 0 aromatic heterocycles. The van der Waals surface area contributed by atoms with Crippen molar-refractivity contribution in [3.8, 4) is 0 Å². The van der Waals surface area contributed by atoms with Crippen molar-refractivity contribution in [2.75, 3.05) is 13.2 Å². The number of aliphatic hydroxyl groups is 2. The zero-order valence-corrected chi connectivity index (χ0v) is 19.6. The van der Waals surface area contributed by atoms with Crippen LogP contribution < -0.4 is 0 Å². The second kappa shape index (κ2) is 7.82. The molecule has 32 heavy (non-hydrogen) atoms. The van der Waals surface area contributed by atoms with Crippen molar-refractivity contribution in [2.24, 2.45) is 34.5 Å². The average Bonchev–Trinajstić information content (AvgIpc) is 3.46. The summed E-state index contributed by atoms with van der Waals surface area (Å²) in [4.78, 5) is 11.5. The minimum Gasteiger partial charge on any atom is -0.463 e. The third kappa shape index (κ3) is 3.04. The highest BCUT2D eigenvalue weighted by Crippen LogP contribution is 2.75. The number of epoxide rings is 1. The van der Waals surface area contributed by atoms with Crippen molar-refractivity contribution in [3.63, 3.8) is 0 Å². The number of carbonyl (C=O) groups excluding carboxylic acids is 1. The van der Waals surface area contributed by atoms with Crippen molar-refractivity contribution in [1.29, 1.82) is 0 Å². The number of ether oxygens (including phenoxy) is 2. The number of rotatable bonds is 5. The minimum absolute atomic E-state index is 0.0168. The number of esters is 1. The summed E-state index contributed by atoms with van der Waals surface area (Å²) in [6, 6.07) is 10.7. The van der Waals surface area contributed by atoms with Gasteiger partial charge in [0.1, 0.15) is 11.7 Å². The van der Waals surface area contributed by atoms with Crippen LogP contribution in [-0.4, -0.2) is 41.6 Å². The Balaban J connectivity index is 1.41. The van der Waals surface area contributed by atoms with Crippen molar-refractivity contribution in [3.05, 3.63) is 35.9 Å². The molecule has 0 radical (unpaired) electrons.